The summed E-state index contributed by atoms with van der Waals surface area (Å²) in [6, 6.07) is 106. The van der Waals surface area contributed by atoms with E-state index in [0.29, 0.717) is 33.4 Å². The maximum Gasteiger partial charge on any atom is 0.312 e. The number of carbonyl (C=O) groups is 1. The van der Waals surface area contributed by atoms with Crippen molar-refractivity contribution in [2.24, 2.45) is 0 Å². The second kappa shape index (κ2) is 27.1. The van der Waals surface area contributed by atoms with Crippen LogP contribution in [0.3, 0.4) is 0 Å². The van der Waals surface area contributed by atoms with E-state index in [2.05, 4.69) is 0 Å². The highest BCUT2D eigenvalue weighted by atomic mass is 16.8. The molecule has 0 saturated carbocycles. The lowest BCUT2D eigenvalue weighted by atomic mass is 9.80. The fourth-order valence-corrected chi connectivity index (χ4v) is 12.1. The van der Waals surface area contributed by atoms with Crippen LogP contribution in [0, 0.1) is 0 Å². The highest BCUT2D eigenvalue weighted by Gasteiger charge is 2.77. The molecule has 10 nitrogen and oxygen atoms in total. The van der Waals surface area contributed by atoms with Gasteiger partial charge in [0.15, 0.2) is 11.5 Å². The average Bonchev–Trinajstić information content (AvgIpc) is 0.677. The quantitative estimate of drug-likeness (QED) is 0.0501. The Hall–Kier alpha value is -10.9. The molecule has 10 heteroatoms. The standard InChI is InChI=1S/C82H66O10/c1-58(83)89-80(84)72-70(90-81(69-55-33-12-34-56-69,91-76(65-47-25-8-26-48-65)66-49-27-9-28-50-66)82(80,85)92-77(67-51-29-10-30-52-67)68-53-31-11-32-54-68)57-71(86-73(59-35-13-2-14-36-59)60-37-15-3-16-38-60)78(87-74(61-39-17-4-18-40-61)62-41-19-5-20-42-62)79(72)88-75(63-43-21-6-22-44-63)64-45-23-7-24-46-64/h2-57,73-77,84-85H,1H3. The van der Waals surface area contributed by atoms with Crippen molar-refractivity contribution >= 4 is 5.97 Å². The largest absolute Gasteiger partial charge is 0.477 e. The molecule has 3 unspecified atom stereocenters. The number of ether oxygens (including phenoxy) is 7. The number of fused-ring (bicyclic) bond motifs is 1. The van der Waals surface area contributed by atoms with Gasteiger partial charge in [0.05, 0.1) is 0 Å². The monoisotopic (exact) mass is 1210 g/mol. The van der Waals surface area contributed by atoms with Gasteiger partial charge >= 0.3 is 23.3 Å². The molecule has 2 N–H and O–H groups in total. The molecule has 0 aromatic heterocycles. The number of rotatable bonds is 22. The first-order valence-corrected chi connectivity index (χ1v) is 30.6. The molecule has 12 aromatic carbocycles. The predicted molar refractivity (Wildman–Crippen MR) is 353 cm³/mol. The van der Waals surface area contributed by atoms with Gasteiger partial charge in [0.2, 0.25) is 5.75 Å². The lowest BCUT2D eigenvalue weighted by Gasteiger charge is -2.56. The normalized spacial score (nSPS) is 16.8. The van der Waals surface area contributed by atoms with Crippen LogP contribution in [0.5, 0.6) is 23.0 Å². The third kappa shape index (κ3) is 12.2. The Bertz CT molecular complexity index is 4120. The summed E-state index contributed by atoms with van der Waals surface area (Å²) in [4.78, 5) is 14.9. The zero-order valence-corrected chi connectivity index (χ0v) is 50.4. The molecule has 1 aliphatic heterocycles. The summed E-state index contributed by atoms with van der Waals surface area (Å²) in [6.45, 7) is 1.15. The summed E-state index contributed by atoms with van der Waals surface area (Å²) < 4.78 is 53.2. The summed E-state index contributed by atoms with van der Waals surface area (Å²) in [6.07, 6.45) is -5.18. The SMILES string of the molecule is CC(=O)OC1(O)c2c(cc(OC(c3ccccc3)c3ccccc3)c(OC(c3ccccc3)c3ccccc3)c2OC(c2ccccc2)c2ccccc2)OC(OC(c2ccccc2)c2ccccc2)(c2ccccc2)C1(O)OC(c1ccccc1)c1ccccc1. The molecule has 0 radical (unpaired) electrons. The van der Waals surface area contributed by atoms with E-state index >= 15 is 10.2 Å². The van der Waals surface area contributed by atoms with E-state index in [9.17, 15) is 4.79 Å². The molecule has 1 heterocycles. The molecule has 0 bridgehead atoms. The van der Waals surface area contributed by atoms with Crippen LogP contribution in [0.4, 0.5) is 0 Å². The van der Waals surface area contributed by atoms with Gasteiger partial charge in [-0.25, -0.2) is 0 Å². The lowest BCUT2D eigenvalue weighted by Crippen LogP contribution is -2.73. The molecule has 3 atom stereocenters. The highest BCUT2D eigenvalue weighted by molar-refractivity contribution is 5.71. The molecular weight excluding hydrogens is 1140 g/mol. The number of hydrogen-bond donors (Lipinski definition) is 2. The van der Waals surface area contributed by atoms with Gasteiger partial charge in [-0.15, -0.1) is 0 Å². The van der Waals surface area contributed by atoms with Crippen molar-refractivity contribution in [2.45, 2.75) is 54.8 Å². The highest BCUT2D eigenvalue weighted by Crippen LogP contribution is 2.65. The first-order valence-electron chi connectivity index (χ1n) is 30.6. The Morgan fingerprint density at radius 3 is 0.902 bits per heavy atom. The van der Waals surface area contributed by atoms with Crippen LogP contribution >= 0.6 is 0 Å². The maximum absolute atomic E-state index is 15.5. The second-order valence-corrected chi connectivity index (χ2v) is 22.5. The van der Waals surface area contributed by atoms with Crippen LogP contribution in [0.15, 0.2) is 340 Å². The molecule has 0 spiro atoms. The molecule has 1 aliphatic rings. The Morgan fingerprint density at radius 2 is 0.598 bits per heavy atom. The van der Waals surface area contributed by atoms with Crippen LogP contribution < -0.4 is 18.9 Å². The van der Waals surface area contributed by atoms with Gasteiger partial charge < -0.3 is 43.4 Å². The molecule has 0 aliphatic carbocycles. The third-order valence-corrected chi connectivity index (χ3v) is 16.4. The van der Waals surface area contributed by atoms with Crippen molar-refractivity contribution in [3.8, 4) is 23.0 Å². The van der Waals surface area contributed by atoms with E-state index < -0.39 is 59.4 Å². The Balaban J connectivity index is 1.20. The minimum Gasteiger partial charge on any atom is -0.477 e. The van der Waals surface area contributed by atoms with Crippen LogP contribution in [-0.4, -0.2) is 22.0 Å². The summed E-state index contributed by atoms with van der Waals surface area (Å²) in [5, 5.41) is 30.8. The summed E-state index contributed by atoms with van der Waals surface area (Å²) in [7, 11) is 0. The summed E-state index contributed by atoms with van der Waals surface area (Å²) in [5.41, 5.74) is 6.51. The summed E-state index contributed by atoms with van der Waals surface area (Å²) in [5.74, 6) is -11.2. The molecule has 0 fully saturated rings. The van der Waals surface area contributed by atoms with Crippen LogP contribution in [0.2, 0.25) is 0 Å². The molecule has 454 valence electrons. The Labute approximate surface area is 535 Å². The van der Waals surface area contributed by atoms with E-state index in [-0.39, 0.29) is 28.6 Å². The first-order chi connectivity index (χ1) is 45.2. The van der Waals surface area contributed by atoms with Gasteiger partial charge in [-0.2, -0.15) is 0 Å². The molecule has 13 rings (SSSR count). The van der Waals surface area contributed by atoms with Crippen molar-refractivity contribution in [3.63, 3.8) is 0 Å². The lowest BCUT2D eigenvalue weighted by molar-refractivity contribution is -0.494. The fourth-order valence-electron chi connectivity index (χ4n) is 12.1. The molecular formula is C82H66O10. The van der Waals surface area contributed by atoms with Crippen LogP contribution in [0.1, 0.15) is 104 Å². The Morgan fingerprint density at radius 1 is 0.337 bits per heavy atom. The van der Waals surface area contributed by atoms with E-state index in [1.807, 2.05) is 309 Å². The van der Waals surface area contributed by atoms with Gasteiger partial charge in [0.25, 0.3) is 0 Å². The van der Waals surface area contributed by atoms with Crippen molar-refractivity contribution < 1.29 is 48.2 Å². The van der Waals surface area contributed by atoms with E-state index in [1.54, 1.807) is 30.3 Å². The number of aliphatic hydroxyl groups is 2. The minimum absolute atomic E-state index is 0.0563. The smallest absolute Gasteiger partial charge is 0.312 e. The van der Waals surface area contributed by atoms with Gasteiger partial charge in [-0.05, 0) is 55.6 Å². The molecule has 12 aromatic rings. The topological polar surface area (TPSA) is 122 Å². The number of benzene rings is 12. The van der Waals surface area contributed by atoms with E-state index in [0.717, 1.165) is 29.2 Å². The zero-order chi connectivity index (χ0) is 62.7. The van der Waals surface area contributed by atoms with Gasteiger partial charge in [0, 0.05) is 18.6 Å². The maximum atomic E-state index is 15.5. The summed E-state index contributed by atoms with van der Waals surface area (Å²) >= 11 is 0. The van der Waals surface area contributed by atoms with Gasteiger partial charge in [-0.1, -0.05) is 334 Å². The predicted octanol–water partition coefficient (Wildman–Crippen LogP) is 17.4. The van der Waals surface area contributed by atoms with Gasteiger partial charge in [-0.3, -0.25) is 4.79 Å². The van der Waals surface area contributed by atoms with Crippen molar-refractivity contribution in [1.29, 1.82) is 0 Å². The second-order valence-electron chi connectivity index (χ2n) is 22.5. The number of esters is 1. The van der Waals surface area contributed by atoms with Gasteiger partial charge in [0.1, 0.15) is 41.8 Å². The zero-order valence-electron chi connectivity index (χ0n) is 50.4. The van der Waals surface area contributed by atoms with Crippen LogP contribution in [0.25, 0.3) is 0 Å². The minimum atomic E-state index is -3.46. The third-order valence-electron chi connectivity index (χ3n) is 16.4. The number of hydrogen-bond acceptors (Lipinski definition) is 10. The Kier molecular flexibility index (Phi) is 17.7. The van der Waals surface area contributed by atoms with Crippen molar-refractivity contribution in [1.82, 2.24) is 0 Å². The van der Waals surface area contributed by atoms with Crippen LogP contribution in [-0.2, 0) is 30.6 Å². The molecule has 92 heavy (non-hydrogen) atoms. The van der Waals surface area contributed by atoms with Crippen molar-refractivity contribution in [3.05, 3.63) is 406 Å². The van der Waals surface area contributed by atoms with E-state index in [4.69, 9.17) is 33.2 Å². The van der Waals surface area contributed by atoms with Crippen molar-refractivity contribution in [2.75, 3.05) is 0 Å². The molecule has 0 saturated heterocycles. The number of carbonyl (C=O) groups excluding carboxylic acids is 1. The first kappa shape index (κ1) is 60.1. The van der Waals surface area contributed by atoms with E-state index in [1.165, 1.54) is 0 Å². The fraction of sp³-hybridized carbons (Fsp3) is 0.110. The average molecular weight is 1210 g/mol. The molecule has 0 amide bonds.